The molecule has 118 valence electrons. The standard InChI is InChI=1S/C18H18ClN3O/c1-22(2)8-7-20-18(23)15-11-14(19)10-13-9-12-5-3-4-6-16(12)21-17(13)15/h3-6,9-11H,7-8H2,1-2H3,(H,20,23). The third kappa shape index (κ3) is 3.44. The number of likely N-dealkylation sites (N-methyl/N-ethyl adjacent to an activating group) is 1. The number of aromatic nitrogens is 1. The Balaban J connectivity index is 2.04. The number of para-hydroxylation sites is 1. The highest BCUT2D eigenvalue weighted by Gasteiger charge is 2.13. The number of nitrogens with zero attached hydrogens (tertiary/aromatic N) is 2. The van der Waals surface area contributed by atoms with Crippen molar-refractivity contribution in [1.29, 1.82) is 0 Å². The van der Waals surface area contributed by atoms with Gasteiger partial charge < -0.3 is 10.2 Å². The average Bonchev–Trinajstić information content (AvgIpc) is 2.51. The summed E-state index contributed by atoms with van der Waals surface area (Å²) in [7, 11) is 3.93. The van der Waals surface area contributed by atoms with Crippen LogP contribution in [-0.2, 0) is 0 Å². The molecule has 1 heterocycles. The lowest BCUT2D eigenvalue weighted by atomic mass is 10.1. The van der Waals surface area contributed by atoms with E-state index in [0.717, 1.165) is 22.8 Å². The lowest BCUT2D eigenvalue weighted by Crippen LogP contribution is -2.31. The number of halogens is 1. The molecule has 3 aromatic rings. The van der Waals surface area contributed by atoms with Crippen LogP contribution in [0.15, 0.2) is 42.5 Å². The second-order valence-electron chi connectivity index (χ2n) is 5.77. The molecule has 0 spiro atoms. The van der Waals surface area contributed by atoms with Gasteiger partial charge in [-0.1, -0.05) is 29.8 Å². The first-order valence-corrected chi connectivity index (χ1v) is 7.84. The molecule has 0 unspecified atom stereocenters. The summed E-state index contributed by atoms with van der Waals surface area (Å²) >= 11 is 6.19. The quantitative estimate of drug-likeness (QED) is 0.748. The molecular formula is C18H18ClN3O. The van der Waals surface area contributed by atoms with Gasteiger partial charge in [-0.15, -0.1) is 0 Å². The van der Waals surface area contributed by atoms with Gasteiger partial charge in [-0.25, -0.2) is 4.98 Å². The van der Waals surface area contributed by atoms with Crippen molar-refractivity contribution in [2.45, 2.75) is 0 Å². The van der Waals surface area contributed by atoms with Crippen LogP contribution in [0.5, 0.6) is 0 Å². The zero-order valence-electron chi connectivity index (χ0n) is 13.1. The van der Waals surface area contributed by atoms with Gasteiger partial charge in [0.05, 0.1) is 16.6 Å². The molecule has 2 aromatic carbocycles. The van der Waals surface area contributed by atoms with Gasteiger partial charge in [-0.05, 0) is 38.4 Å². The van der Waals surface area contributed by atoms with Crippen molar-refractivity contribution < 1.29 is 4.79 Å². The first-order chi connectivity index (χ1) is 11.0. The van der Waals surface area contributed by atoms with Gasteiger partial charge in [-0.2, -0.15) is 0 Å². The Morgan fingerprint density at radius 1 is 1.17 bits per heavy atom. The molecule has 1 amide bonds. The maximum absolute atomic E-state index is 12.5. The Kier molecular flexibility index (Phi) is 4.46. The number of rotatable bonds is 4. The summed E-state index contributed by atoms with van der Waals surface area (Å²) in [5.41, 5.74) is 2.05. The number of fused-ring (bicyclic) bond motifs is 2. The molecule has 0 aliphatic rings. The Labute approximate surface area is 140 Å². The van der Waals surface area contributed by atoms with E-state index in [4.69, 9.17) is 11.6 Å². The lowest BCUT2D eigenvalue weighted by molar-refractivity contribution is 0.0952. The van der Waals surface area contributed by atoms with Crippen LogP contribution in [0.4, 0.5) is 0 Å². The Hall–Kier alpha value is -2.17. The van der Waals surface area contributed by atoms with Gasteiger partial charge in [0.15, 0.2) is 0 Å². The predicted octanol–water partition coefficient (Wildman–Crippen LogP) is 3.33. The minimum absolute atomic E-state index is 0.151. The molecule has 0 aliphatic carbocycles. The van der Waals surface area contributed by atoms with E-state index in [0.29, 0.717) is 22.6 Å². The van der Waals surface area contributed by atoms with Gasteiger partial charge in [0.1, 0.15) is 0 Å². The number of hydrogen-bond donors (Lipinski definition) is 1. The van der Waals surface area contributed by atoms with Crippen LogP contribution >= 0.6 is 11.6 Å². The van der Waals surface area contributed by atoms with Gasteiger partial charge in [0, 0.05) is 28.9 Å². The van der Waals surface area contributed by atoms with E-state index in [1.165, 1.54) is 0 Å². The highest BCUT2D eigenvalue weighted by molar-refractivity contribution is 6.32. The number of benzene rings is 2. The monoisotopic (exact) mass is 327 g/mol. The lowest BCUT2D eigenvalue weighted by Gasteiger charge is -2.12. The highest BCUT2D eigenvalue weighted by atomic mass is 35.5. The summed E-state index contributed by atoms with van der Waals surface area (Å²) in [6, 6.07) is 13.4. The molecule has 4 nitrogen and oxygen atoms in total. The summed E-state index contributed by atoms with van der Waals surface area (Å²) in [4.78, 5) is 19.2. The van der Waals surface area contributed by atoms with Crippen molar-refractivity contribution in [2.75, 3.05) is 27.2 Å². The molecule has 0 atom stereocenters. The third-order valence-corrected chi connectivity index (χ3v) is 3.89. The Morgan fingerprint density at radius 2 is 1.96 bits per heavy atom. The number of nitrogens with one attached hydrogen (secondary N) is 1. The van der Waals surface area contributed by atoms with Gasteiger partial charge in [-0.3, -0.25) is 4.79 Å². The fourth-order valence-corrected chi connectivity index (χ4v) is 2.74. The average molecular weight is 328 g/mol. The third-order valence-electron chi connectivity index (χ3n) is 3.67. The van der Waals surface area contributed by atoms with E-state index in [2.05, 4.69) is 10.3 Å². The number of hydrogen-bond acceptors (Lipinski definition) is 3. The predicted molar refractivity (Wildman–Crippen MR) is 95.1 cm³/mol. The van der Waals surface area contributed by atoms with Crippen molar-refractivity contribution in [3.63, 3.8) is 0 Å². The maximum atomic E-state index is 12.5. The van der Waals surface area contributed by atoms with Gasteiger partial charge in [0.2, 0.25) is 0 Å². The molecule has 0 saturated heterocycles. The zero-order valence-corrected chi connectivity index (χ0v) is 13.9. The van der Waals surface area contributed by atoms with Gasteiger partial charge in [0.25, 0.3) is 5.91 Å². The molecule has 0 radical (unpaired) electrons. The molecule has 0 fully saturated rings. The topological polar surface area (TPSA) is 45.2 Å². The molecule has 0 aliphatic heterocycles. The summed E-state index contributed by atoms with van der Waals surface area (Å²) in [5, 5.41) is 5.35. The van der Waals surface area contributed by atoms with E-state index in [9.17, 15) is 4.79 Å². The highest BCUT2D eigenvalue weighted by Crippen LogP contribution is 2.26. The van der Waals surface area contributed by atoms with E-state index >= 15 is 0 Å². The fourth-order valence-electron chi connectivity index (χ4n) is 2.52. The second-order valence-corrected chi connectivity index (χ2v) is 6.20. The first-order valence-electron chi connectivity index (χ1n) is 7.46. The van der Waals surface area contributed by atoms with Crippen LogP contribution in [0.1, 0.15) is 10.4 Å². The van der Waals surface area contributed by atoms with Crippen molar-refractivity contribution in [1.82, 2.24) is 15.2 Å². The van der Waals surface area contributed by atoms with Crippen molar-refractivity contribution in [3.8, 4) is 0 Å². The molecule has 5 heteroatoms. The number of amides is 1. The summed E-state index contributed by atoms with van der Waals surface area (Å²) in [6.45, 7) is 1.36. The second kappa shape index (κ2) is 6.52. The van der Waals surface area contributed by atoms with Crippen LogP contribution < -0.4 is 5.32 Å². The molecule has 23 heavy (non-hydrogen) atoms. The van der Waals surface area contributed by atoms with Crippen molar-refractivity contribution in [2.24, 2.45) is 0 Å². The minimum atomic E-state index is -0.151. The molecule has 1 N–H and O–H groups in total. The Bertz CT molecular complexity index is 877. The fraction of sp³-hybridized carbons (Fsp3) is 0.222. The number of carbonyl (C=O) groups excluding carboxylic acids is 1. The van der Waals surface area contributed by atoms with Crippen LogP contribution in [0, 0.1) is 0 Å². The Morgan fingerprint density at radius 3 is 2.74 bits per heavy atom. The van der Waals surface area contributed by atoms with E-state index < -0.39 is 0 Å². The van der Waals surface area contributed by atoms with E-state index in [-0.39, 0.29) is 5.91 Å². The normalized spacial score (nSPS) is 11.3. The SMILES string of the molecule is CN(C)CCNC(=O)c1cc(Cl)cc2cc3ccccc3nc12. The maximum Gasteiger partial charge on any atom is 0.253 e. The van der Waals surface area contributed by atoms with Crippen LogP contribution in [-0.4, -0.2) is 43.0 Å². The van der Waals surface area contributed by atoms with E-state index in [1.54, 1.807) is 6.07 Å². The van der Waals surface area contributed by atoms with Crippen LogP contribution in [0.25, 0.3) is 21.8 Å². The molecule has 0 bridgehead atoms. The molecule has 0 saturated carbocycles. The zero-order chi connectivity index (χ0) is 16.4. The van der Waals surface area contributed by atoms with Crippen molar-refractivity contribution >= 4 is 39.3 Å². The van der Waals surface area contributed by atoms with Crippen molar-refractivity contribution in [3.05, 3.63) is 53.1 Å². The molecule has 1 aromatic heterocycles. The van der Waals surface area contributed by atoms with E-state index in [1.807, 2.05) is 55.4 Å². The van der Waals surface area contributed by atoms with Crippen LogP contribution in [0.3, 0.4) is 0 Å². The smallest absolute Gasteiger partial charge is 0.253 e. The largest absolute Gasteiger partial charge is 0.351 e. The first kappa shape index (κ1) is 15.7. The summed E-state index contributed by atoms with van der Waals surface area (Å²) in [6.07, 6.45) is 0. The molecular weight excluding hydrogens is 310 g/mol. The minimum Gasteiger partial charge on any atom is -0.351 e. The van der Waals surface area contributed by atoms with Crippen LogP contribution in [0.2, 0.25) is 5.02 Å². The van der Waals surface area contributed by atoms with Gasteiger partial charge >= 0.3 is 0 Å². The molecule has 3 rings (SSSR count). The number of pyridine rings is 1. The summed E-state index contributed by atoms with van der Waals surface area (Å²) in [5.74, 6) is -0.151. The summed E-state index contributed by atoms with van der Waals surface area (Å²) < 4.78 is 0. The number of carbonyl (C=O) groups is 1.